The second kappa shape index (κ2) is 10.4. The Morgan fingerprint density at radius 1 is 1.09 bits per heavy atom. The molecule has 0 amide bonds. The third kappa shape index (κ3) is 6.03. The Labute approximate surface area is 202 Å². The van der Waals surface area contributed by atoms with Gasteiger partial charge in [0.15, 0.2) is 12.3 Å². The lowest BCUT2D eigenvalue weighted by molar-refractivity contribution is -0.274. The zero-order chi connectivity index (χ0) is 26.1. The Morgan fingerprint density at radius 3 is 2.26 bits per heavy atom. The van der Waals surface area contributed by atoms with Crippen LogP contribution in [0.15, 0.2) is 47.5 Å². The SMILES string of the molecule is CC(=Nc1c(C)cccc1Cl)N(c1ccc(OC(F)(F)F)cc1)[C@@H]1O[C@H](C(=O)O)[C@@H](O)[C@H](O)[C@H]1O. The molecule has 2 aromatic rings. The number of nitrogens with zero attached hydrogens (tertiary/aromatic N) is 2. The molecule has 35 heavy (non-hydrogen) atoms. The zero-order valence-corrected chi connectivity index (χ0v) is 19.1. The highest BCUT2D eigenvalue weighted by Gasteiger charge is 2.49. The summed E-state index contributed by atoms with van der Waals surface area (Å²) >= 11 is 6.25. The average molecular weight is 519 g/mol. The number of carboxylic acids is 1. The van der Waals surface area contributed by atoms with E-state index in [1.165, 1.54) is 24.0 Å². The van der Waals surface area contributed by atoms with Gasteiger partial charge in [0.05, 0.1) is 10.7 Å². The molecule has 1 aliphatic rings. The first-order chi connectivity index (χ1) is 16.3. The Bertz CT molecular complexity index is 1080. The van der Waals surface area contributed by atoms with Crippen LogP contribution < -0.4 is 9.64 Å². The third-order valence-electron chi connectivity index (χ3n) is 5.25. The predicted octanol–water partition coefficient (Wildman–Crippen LogP) is 3.00. The maximum Gasteiger partial charge on any atom is 0.573 e. The van der Waals surface area contributed by atoms with E-state index in [2.05, 4.69) is 9.73 Å². The van der Waals surface area contributed by atoms with Crippen molar-refractivity contribution < 1.29 is 47.9 Å². The zero-order valence-electron chi connectivity index (χ0n) is 18.3. The minimum atomic E-state index is -4.92. The van der Waals surface area contributed by atoms with Gasteiger partial charge in [-0.1, -0.05) is 23.7 Å². The number of benzene rings is 2. The predicted molar refractivity (Wildman–Crippen MR) is 119 cm³/mol. The van der Waals surface area contributed by atoms with Crippen LogP contribution in [0.2, 0.25) is 5.02 Å². The molecule has 0 bridgehead atoms. The summed E-state index contributed by atoms with van der Waals surface area (Å²) in [5.74, 6) is -2.04. The van der Waals surface area contributed by atoms with Gasteiger partial charge in [-0.3, -0.25) is 0 Å². The van der Waals surface area contributed by atoms with Gasteiger partial charge in [-0.15, -0.1) is 13.2 Å². The highest BCUT2D eigenvalue weighted by atomic mass is 35.5. The summed E-state index contributed by atoms with van der Waals surface area (Å²) < 4.78 is 47.0. The van der Waals surface area contributed by atoms with Crippen molar-refractivity contribution in [2.24, 2.45) is 4.99 Å². The molecule has 1 saturated heterocycles. The number of hydrogen-bond acceptors (Lipinski definition) is 7. The minimum Gasteiger partial charge on any atom is -0.479 e. The van der Waals surface area contributed by atoms with Crippen LogP contribution in [-0.4, -0.2) is 69.2 Å². The van der Waals surface area contributed by atoms with Gasteiger partial charge >= 0.3 is 12.3 Å². The molecule has 1 fully saturated rings. The number of para-hydroxylation sites is 1. The Kier molecular flexibility index (Phi) is 7.92. The topological polar surface area (TPSA) is 132 Å². The summed E-state index contributed by atoms with van der Waals surface area (Å²) in [6, 6.07) is 9.41. The van der Waals surface area contributed by atoms with Crippen molar-refractivity contribution in [3.63, 3.8) is 0 Å². The van der Waals surface area contributed by atoms with Crippen LogP contribution >= 0.6 is 11.6 Å². The lowest BCUT2D eigenvalue weighted by atomic mass is 9.97. The summed E-state index contributed by atoms with van der Waals surface area (Å²) in [4.78, 5) is 17.2. The van der Waals surface area contributed by atoms with Crippen molar-refractivity contribution in [2.45, 2.75) is 50.9 Å². The lowest BCUT2D eigenvalue weighted by Crippen LogP contribution is -2.65. The fraction of sp³-hybridized carbons (Fsp3) is 0.364. The molecule has 2 aromatic carbocycles. The van der Waals surface area contributed by atoms with Crippen molar-refractivity contribution in [1.29, 1.82) is 0 Å². The first-order valence-electron chi connectivity index (χ1n) is 10.2. The molecule has 1 aliphatic heterocycles. The van der Waals surface area contributed by atoms with Gasteiger partial charge in [-0.25, -0.2) is 9.79 Å². The second-order valence-electron chi connectivity index (χ2n) is 7.73. The van der Waals surface area contributed by atoms with Crippen molar-refractivity contribution >= 4 is 34.8 Å². The number of amidine groups is 1. The van der Waals surface area contributed by atoms with Crippen molar-refractivity contribution in [3.8, 4) is 5.75 Å². The van der Waals surface area contributed by atoms with Crippen molar-refractivity contribution in [1.82, 2.24) is 0 Å². The third-order valence-corrected chi connectivity index (χ3v) is 5.55. The molecule has 0 aliphatic carbocycles. The van der Waals surface area contributed by atoms with E-state index in [0.717, 1.165) is 12.1 Å². The standard InChI is InChI=1S/C22H22ClF3N2O7/c1-10-4-3-5-14(23)15(10)27-11(2)28(12-6-8-13(9-7-12)35-22(24,25)26)20-18(31)16(29)17(30)19(34-20)21(32)33/h3-9,16-20,29-31H,1-2H3,(H,32,33)/t16-,17-,18+,19-,20+/m0/s1. The van der Waals surface area contributed by atoms with Crippen LogP contribution in [0.3, 0.4) is 0 Å². The summed E-state index contributed by atoms with van der Waals surface area (Å²) in [6.45, 7) is 3.20. The van der Waals surface area contributed by atoms with E-state index in [1.807, 2.05) is 0 Å². The molecule has 5 atom stereocenters. The number of aliphatic carboxylic acids is 1. The highest BCUT2D eigenvalue weighted by molar-refractivity contribution is 6.33. The Hall–Kier alpha value is -2.90. The average Bonchev–Trinajstić information content (AvgIpc) is 2.76. The first-order valence-corrected chi connectivity index (χ1v) is 10.6. The molecule has 1 heterocycles. The summed E-state index contributed by atoms with van der Waals surface area (Å²) in [6.07, 6.45) is -14.1. The minimum absolute atomic E-state index is 0.0856. The number of rotatable bonds is 5. The van der Waals surface area contributed by atoms with E-state index < -0.39 is 48.7 Å². The number of aliphatic hydroxyl groups is 3. The van der Waals surface area contributed by atoms with Gasteiger partial charge in [0, 0.05) is 5.69 Å². The van der Waals surface area contributed by atoms with Crippen molar-refractivity contribution in [2.75, 3.05) is 4.90 Å². The molecule has 0 saturated carbocycles. The number of halogens is 4. The molecule has 190 valence electrons. The van der Waals surface area contributed by atoms with Gasteiger partial charge in [0.25, 0.3) is 0 Å². The maximum absolute atomic E-state index is 12.6. The van der Waals surface area contributed by atoms with Crippen LogP contribution in [0.25, 0.3) is 0 Å². The second-order valence-corrected chi connectivity index (χ2v) is 8.14. The Morgan fingerprint density at radius 2 is 1.71 bits per heavy atom. The number of ether oxygens (including phenoxy) is 2. The quantitative estimate of drug-likeness (QED) is 0.351. The van der Waals surface area contributed by atoms with E-state index in [9.17, 15) is 38.4 Å². The monoisotopic (exact) mass is 518 g/mol. The number of carboxylic acid groups (broad SMARTS) is 1. The molecule has 13 heteroatoms. The Balaban J connectivity index is 2.10. The number of carbonyl (C=O) groups is 1. The highest BCUT2D eigenvalue weighted by Crippen LogP contribution is 2.33. The molecule has 0 aromatic heterocycles. The maximum atomic E-state index is 12.6. The van der Waals surface area contributed by atoms with E-state index >= 15 is 0 Å². The largest absolute Gasteiger partial charge is 0.573 e. The van der Waals surface area contributed by atoms with Gasteiger partial charge in [0.1, 0.15) is 29.9 Å². The van der Waals surface area contributed by atoms with E-state index in [-0.39, 0.29) is 16.5 Å². The van der Waals surface area contributed by atoms with Crippen LogP contribution in [0.1, 0.15) is 12.5 Å². The molecule has 0 radical (unpaired) electrons. The summed E-state index contributed by atoms with van der Waals surface area (Å²) in [5, 5.41) is 40.7. The fourth-order valence-electron chi connectivity index (χ4n) is 3.59. The number of aliphatic hydroxyl groups excluding tert-OH is 3. The van der Waals surface area contributed by atoms with Crippen LogP contribution in [0.4, 0.5) is 24.5 Å². The number of alkyl halides is 3. The first kappa shape index (κ1) is 26.7. The van der Waals surface area contributed by atoms with E-state index in [4.69, 9.17) is 16.3 Å². The molecular weight excluding hydrogens is 497 g/mol. The molecule has 0 unspecified atom stereocenters. The summed E-state index contributed by atoms with van der Waals surface area (Å²) in [5.41, 5.74) is 1.13. The summed E-state index contributed by atoms with van der Waals surface area (Å²) in [7, 11) is 0. The van der Waals surface area contributed by atoms with E-state index in [0.29, 0.717) is 11.3 Å². The number of anilines is 1. The molecule has 3 rings (SSSR count). The van der Waals surface area contributed by atoms with Crippen LogP contribution in [0, 0.1) is 6.92 Å². The smallest absolute Gasteiger partial charge is 0.479 e. The van der Waals surface area contributed by atoms with Crippen molar-refractivity contribution in [3.05, 3.63) is 53.1 Å². The lowest BCUT2D eigenvalue weighted by Gasteiger charge is -2.44. The van der Waals surface area contributed by atoms with Gasteiger partial charge < -0.3 is 34.8 Å². The van der Waals surface area contributed by atoms with Crippen LogP contribution in [0.5, 0.6) is 5.75 Å². The van der Waals surface area contributed by atoms with E-state index in [1.54, 1.807) is 25.1 Å². The van der Waals surface area contributed by atoms with Gasteiger partial charge in [-0.2, -0.15) is 0 Å². The van der Waals surface area contributed by atoms with Crippen LogP contribution in [-0.2, 0) is 9.53 Å². The number of hydrogen-bond donors (Lipinski definition) is 4. The molecular formula is C22H22ClF3N2O7. The number of aliphatic imine (C=N–C) groups is 1. The molecule has 4 N–H and O–H groups in total. The fourth-order valence-corrected chi connectivity index (χ4v) is 3.85. The van der Waals surface area contributed by atoms with Gasteiger partial charge in [0.2, 0.25) is 0 Å². The molecule has 9 nitrogen and oxygen atoms in total. The van der Waals surface area contributed by atoms with Gasteiger partial charge in [-0.05, 0) is 49.7 Å². The number of aryl methyl sites for hydroxylation is 1. The molecule has 0 spiro atoms. The normalized spacial score (nSPS) is 25.3.